The van der Waals surface area contributed by atoms with Gasteiger partial charge >= 0.3 is 0 Å². The highest BCUT2D eigenvalue weighted by atomic mass is 16.6. The average Bonchev–Trinajstić information content (AvgIpc) is 2.63. The summed E-state index contributed by atoms with van der Waals surface area (Å²) in [6.45, 7) is 0. The molecule has 1 unspecified atom stereocenters. The molecule has 3 rings (SSSR count). The van der Waals surface area contributed by atoms with E-state index in [-0.39, 0.29) is 5.78 Å². The predicted octanol–water partition coefficient (Wildman–Crippen LogP) is 3.99. The van der Waals surface area contributed by atoms with E-state index in [1.807, 2.05) is 36.4 Å². The number of hydrogen-bond acceptors (Lipinski definition) is 3. The molecule has 0 bridgehead atoms. The summed E-state index contributed by atoms with van der Waals surface area (Å²) in [7, 11) is 0. The summed E-state index contributed by atoms with van der Waals surface area (Å²) < 4.78 is 5.49. The number of aliphatic hydroxyl groups excluding tert-OH is 1. The summed E-state index contributed by atoms with van der Waals surface area (Å²) in [5.41, 5.74) is 1.90. The molecule has 0 aromatic heterocycles. The van der Waals surface area contributed by atoms with E-state index in [1.54, 1.807) is 48.5 Å². The molecule has 1 atom stereocenters. The molecule has 0 aliphatic heterocycles. The van der Waals surface area contributed by atoms with Gasteiger partial charge in [0.15, 0.2) is 5.78 Å². The third-order valence-electron chi connectivity index (χ3n) is 3.48. The number of ether oxygens (including phenoxy) is 1. The van der Waals surface area contributed by atoms with Crippen molar-refractivity contribution < 1.29 is 14.6 Å². The first-order chi connectivity index (χ1) is 11.2. The van der Waals surface area contributed by atoms with Crippen molar-refractivity contribution in [1.82, 2.24) is 0 Å². The zero-order valence-electron chi connectivity index (χ0n) is 12.4. The van der Waals surface area contributed by atoms with Crippen molar-refractivity contribution in [2.24, 2.45) is 0 Å². The van der Waals surface area contributed by atoms with Crippen molar-refractivity contribution in [3.8, 4) is 5.75 Å². The number of benzene rings is 3. The smallest absolute Gasteiger partial charge is 0.224 e. The molecule has 23 heavy (non-hydrogen) atoms. The van der Waals surface area contributed by atoms with Crippen LogP contribution in [-0.2, 0) is 0 Å². The minimum Gasteiger partial charge on any atom is -0.461 e. The van der Waals surface area contributed by atoms with Crippen LogP contribution in [0.25, 0.3) is 0 Å². The number of rotatable bonds is 5. The Balaban J connectivity index is 1.71. The summed E-state index contributed by atoms with van der Waals surface area (Å²) in [6, 6.07) is 25.0. The maximum atomic E-state index is 12.3. The number of carbonyl (C=O) groups is 1. The van der Waals surface area contributed by atoms with Gasteiger partial charge in [-0.05, 0) is 24.3 Å². The lowest BCUT2D eigenvalue weighted by atomic mass is 10.0. The molecule has 3 nitrogen and oxygen atoms in total. The molecule has 3 heteroatoms. The van der Waals surface area contributed by atoms with Gasteiger partial charge in [-0.15, -0.1) is 0 Å². The molecule has 1 N–H and O–H groups in total. The lowest BCUT2D eigenvalue weighted by Crippen LogP contribution is -2.06. The van der Waals surface area contributed by atoms with Gasteiger partial charge in [0.2, 0.25) is 6.29 Å². The van der Waals surface area contributed by atoms with Crippen LogP contribution in [-0.4, -0.2) is 10.9 Å². The topological polar surface area (TPSA) is 46.5 Å². The Bertz CT molecular complexity index is 765. The highest BCUT2D eigenvalue weighted by molar-refractivity contribution is 6.08. The minimum atomic E-state index is -1.04. The molecule has 0 saturated heterocycles. The molecule has 0 spiro atoms. The molecule has 0 heterocycles. The quantitative estimate of drug-likeness (QED) is 0.573. The van der Waals surface area contributed by atoms with Crippen LogP contribution in [0.5, 0.6) is 5.75 Å². The van der Waals surface area contributed by atoms with E-state index in [2.05, 4.69) is 0 Å². The Hall–Kier alpha value is -2.91. The van der Waals surface area contributed by atoms with E-state index in [0.717, 1.165) is 0 Å². The van der Waals surface area contributed by atoms with Crippen LogP contribution >= 0.6 is 0 Å². The number of carbonyl (C=O) groups excluding carboxylic acids is 1. The van der Waals surface area contributed by atoms with Gasteiger partial charge in [0.25, 0.3) is 0 Å². The van der Waals surface area contributed by atoms with Crippen molar-refractivity contribution in [1.29, 1.82) is 0 Å². The van der Waals surface area contributed by atoms with Gasteiger partial charge in [0.1, 0.15) is 5.75 Å². The van der Waals surface area contributed by atoms with E-state index in [4.69, 9.17) is 4.74 Å². The molecule has 0 amide bonds. The first kappa shape index (κ1) is 15.0. The molecule has 0 radical (unpaired) electrons. The first-order valence-electron chi connectivity index (χ1n) is 7.33. The molecule has 114 valence electrons. The van der Waals surface area contributed by atoms with E-state index in [1.165, 1.54) is 0 Å². The molecular formula is C20H16O3. The summed E-state index contributed by atoms with van der Waals surface area (Å²) in [5, 5.41) is 10.0. The fourth-order valence-corrected chi connectivity index (χ4v) is 2.26. The third-order valence-corrected chi connectivity index (χ3v) is 3.48. The molecule has 3 aromatic rings. The zero-order valence-corrected chi connectivity index (χ0v) is 12.4. The monoisotopic (exact) mass is 304 g/mol. The Kier molecular flexibility index (Phi) is 4.50. The third kappa shape index (κ3) is 3.65. The van der Waals surface area contributed by atoms with Crippen LogP contribution in [0.2, 0.25) is 0 Å². The van der Waals surface area contributed by atoms with Gasteiger partial charge in [0.05, 0.1) is 0 Å². The van der Waals surface area contributed by atoms with Gasteiger partial charge in [-0.1, -0.05) is 60.7 Å². The summed E-state index contributed by atoms with van der Waals surface area (Å²) in [6.07, 6.45) is -1.04. The van der Waals surface area contributed by atoms with Crippen molar-refractivity contribution >= 4 is 5.78 Å². The van der Waals surface area contributed by atoms with Gasteiger partial charge in [-0.25, -0.2) is 0 Å². The molecule has 3 aromatic carbocycles. The van der Waals surface area contributed by atoms with Gasteiger partial charge in [-0.3, -0.25) is 4.79 Å². The van der Waals surface area contributed by atoms with Crippen LogP contribution in [0.1, 0.15) is 27.8 Å². The van der Waals surface area contributed by atoms with Gasteiger partial charge < -0.3 is 9.84 Å². The molecule has 0 aliphatic rings. The predicted molar refractivity (Wildman–Crippen MR) is 88.3 cm³/mol. The fraction of sp³-hybridized carbons (Fsp3) is 0.0500. The molecule has 0 aliphatic carbocycles. The lowest BCUT2D eigenvalue weighted by Gasteiger charge is -2.13. The fourth-order valence-electron chi connectivity index (χ4n) is 2.26. The van der Waals surface area contributed by atoms with Crippen molar-refractivity contribution in [3.05, 3.63) is 102 Å². The Morgan fingerprint density at radius 1 is 0.739 bits per heavy atom. The summed E-state index contributed by atoms with van der Waals surface area (Å²) in [5.74, 6) is 0.465. The molecule has 0 saturated carbocycles. The summed E-state index contributed by atoms with van der Waals surface area (Å²) in [4.78, 5) is 12.3. The first-order valence-corrected chi connectivity index (χ1v) is 7.33. The van der Waals surface area contributed by atoms with Crippen molar-refractivity contribution in [3.63, 3.8) is 0 Å². The van der Waals surface area contributed by atoms with Crippen molar-refractivity contribution in [2.45, 2.75) is 6.29 Å². The molecule has 0 fully saturated rings. The van der Waals surface area contributed by atoms with E-state index in [9.17, 15) is 9.90 Å². The number of ketones is 1. The van der Waals surface area contributed by atoms with Crippen LogP contribution in [0.4, 0.5) is 0 Å². The van der Waals surface area contributed by atoms with E-state index >= 15 is 0 Å². The maximum Gasteiger partial charge on any atom is 0.224 e. The standard InChI is InChI=1S/C20H16O3/c21-19(15-7-3-1-4-8-15)16-11-13-18(14-12-16)23-20(22)17-9-5-2-6-10-17/h1-14,20,22H. The van der Waals surface area contributed by atoms with Crippen LogP contribution in [0.3, 0.4) is 0 Å². The zero-order chi connectivity index (χ0) is 16.1. The van der Waals surface area contributed by atoms with Crippen molar-refractivity contribution in [2.75, 3.05) is 0 Å². The normalized spacial score (nSPS) is 11.7. The van der Waals surface area contributed by atoms with Crippen LogP contribution in [0, 0.1) is 0 Å². The highest BCUT2D eigenvalue weighted by Crippen LogP contribution is 2.21. The highest BCUT2D eigenvalue weighted by Gasteiger charge is 2.11. The second-order valence-corrected chi connectivity index (χ2v) is 5.10. The summed E-state index contributed by atoms with van der Waals surface area (Å²) >= 11 is 0. The van der Waals surface area contributed by atoms with E-state index < -0.39 is 6.29 Å². The SMILES string of the molecule is O=C(c1ccccc1)c1ccc(OC(O)c2ccccc2)cc1. The molecular weight excluding hydrogens is 288 g/mol. The van der Waals surface area contributed by atoms with E-state index in [0.29, 0.717) is 22.4 Å². The maximum absolute atomic E-state index is 12.3. The van der Waals surface area contributed by atoms with Crippen LogP contribution in [0.15, 0.2) is 84.9 Å². The number of aliphatic hydroxyl groups is 1. The van der Waals surface area contributed by atoms with Gasteiger partial charge in [0, 0.05) is 16.7 Å². The Labute approximate surface area is 134 Å². The second kappa shape index (κ2) is 6.90. The Morgan fingerprint density at radius 3 is 1.87 bits per heavy atom. The minimum absolute atomic E-state index is 0.0410. The largest absolute Gasteiger partial charge is 0.461 e. The van der Waals surface area contributed by atoms with Crippen LogP contribution < -0.4 is 4.74 Å². The second-order valence-electron chi connectivity index (χ2n) is 5.10. The number of hydrogen-bond donors (Lipinski definition) is 1. The Morgan fingerprint density at radius 2 is 1.26 bits per heavy atom. The van der Waals surface area contributed by atoms with Gasteiger partial charge in [-0.2, -0.15) is 0 Å². The lowest BCUT2D eigenvalue weighted by molar-refractivity contribution is -0.0194. The average molecular weight is 304 g/mol.